The summed E-state index contributed by atoms with van der Waals surface area (Å²) in [6.45, 7) is 3.70. The number of carbonyl (C=O) groups is 4. The molecular weight excluding hydrogens is 248 g/mol. The van der Waals surface area contributed by atoms with Crippen molar-refractivity contribution in [3.05, 3.63) is 0 Å². The fraction of sp³-hybridized carbons (Fsp3) is 0.714. The quantitative estimate of drug-likeness (QED) is 0.557. The number of rotatable bonds is 5. The third-order valence-corrected chi connectivity index (χ3v) is 3.30. The van der Waals surface area contributed by atoms with Crippen molar-refractivity contribution in [2.45, 2.75) is 46.0 Å². The maximum absolute atomic E-state index is 11.9. The molecule has 0 aromatic heterocycles. The standard InChI is InChI=1S/C14H20O5/c1-14(2)7-10(16)13(11(17)8-14)9(15)5-4-6-12(18)19-3/h13H,4-8H2,1-3H3. The van der Waals surface area contributed by atoms with Gasteiger partial charge in [-0.15, -0.1) is 0 Å². The van der Waals surface area contributed by atoms with Crippen LogP contribution in [0.4, 0.5) is 0 Å². The zero-order valence-electron chi connectivity index (χ0n) is 11.7. The second-order valence-electron chi connectivity index (χ2n) is 5.78. The maximum atomic E-state index is 11.9. The Morgan fingerprint density at radius 3 is 2.16 bits per heavy atom. The molecule has 0 spiro atoms. The zero-order chi connectivity index (χ0) is 14.6. The van der Waals surface area contributed by atoms with Gasteiger partial charge < -0.3 is 4.74 Å². The molecule has 1 rings (SSSR count). The molecule has 5 nitrogen and oxygen atoms in total. The van der Waals surface area contributed by atoms with Crippen LogP contribution in [0.5, 0.6) is 0 Å². The second kappa shape index (κ2) is 6.08. The summed E-state index contributed by atoms with van der Waals surface area (Å²) in [5.74, 6) is -2.44. The number of methoxy groups -OCH3 is 1. The third-order valence-electron chi connectivity index (χ3n) is 3.30. The Kier molecular flexibility index (Phi) is 4.97. The van der Waals surface area contributed by atoms with Crippen LogP contribution in [0.15, 0.2) is 0 Å². The first-order valence-corrected chi connectivity index (χ1v) is 6.42. The van der Waals surface area contributed by atoms with Gasteiger partial charge in [-0.25, -0.2) is 0 Å². The van der Waals surface area contributed by atoms with Crippen LogP contribution in [0.2, 0.25) is 0 Å². The van der Waals surface area contributed by atoms with Crippen molar-refractivity contribution in [3.8, 4) is 0 Å². The lowest BCUT2D eigenvalue weighted by atomic mass is 9.70. The normalized spacial score (nSPS) is 19.3. The van der Waals surface area contributed by atoms with E-state index < -0.39 is 11.9 Å². The lowest BCUT2D eigenvalue weighted by Crippen LogP contribution is -2.41. The largest absolute Gasteiger partial charge is 0.469 e. The smallest absolute Gasteiger partial charge is 0.305 e. The Hall–Kier alpha value is -1.52. The number of ketones is 3. The minimum absolute atomic E-state index is 0.0671. The van der Waals surface area contributed by atoms with Crippen molar-refractivity contribution in [2.24, 2.45) is 11.3 Å². The molecule has 1 fully saturated rings. The van der Waals surface area contributed by atoms with E-state index in [9.17, 15) is 19.2 Å². The first-order chi connectivity index (χ1) is 8.76. The fourth-order valence-corrected chi connectivity index (χ4v) is 2.40. The molecular formula is C14H20O5. The van der Waals surface area contributed by atoms with E-state index in [0.717, 1.165) is 0 Å². The number of ether oxygens (including phenoxy) is 1. The average Bonchev–Trinajstić information content (AvgIpc) is 2.25. The number of carbonyl (C=O) groups excluding carboxylic acids is 4. The molecule has 1 saturated carbocycles. The van der Waals surface area contributed by atoms with Gasteiger partial charge >= 0.3 is 5.97 Å². The molecule has 0 bridgehead atoms. The van der Waals surface area contributed by atoms with Gasteiger partial charge in [0.15, 0.2) is 17.3 Å². The summed E-state index contributed by atoms with van der Waals surface area (Å²) < 4.78 is 4.46. The van der Waals surface area contributed by atoms with Gasteiger partial charge in [-0.2, -0.15) is 0 Å². The summed E-state index contributed by atoms with van der Waals surface area (Å²) in [5, 5.41) is 0. The Bertz CT molecular complexity index is 388. The zero-order valence-corrected chi connectivity index (χ0v) is 11.7. The van der Waals surface area contributed by atoms with Crippen LogP contribution in [0.25, 0.3) is 0 Å². The van der Waals surface area contributed by atoms with Gasteiger partial charge in [-0.1, -0.05) is 13.8 Å². The monoisotopic (exact) mass is 268 g/mol. The number of esters is 1. The SMILES string of the molecule is COC(=O)CCCC(=O)C1C(=O)CC(C)(C)CC1=O. The van der Waals surface area contributed by atoms with E-state index in [1.54, 1.807) is 0 Å². The molecule has 106 valence electrons. The minimum Gasteiger partial charge on any atom is -0.469 e. The molecule has 0 aromatic rings. The van der Waals surface area contributed by atoms with Crippen LogP contribution in [-0.4, -0.2) is 30.4 Å². The van der Waals surface area contributed by atoms with Crippen molar-refractivity contribution in [3.63, 3.8) is 0 Å². The molecule has 0 atom stereocenters. The third kappa shape index (κ3) is 4.26. The summed E-state index contributed by atoms with van der Waals surface area (Å²) >= 11 is 0. The summed E-state index contributed by atoms with van der Waals surface area (Å²) in [4.78, 5) is 46.6. The van der Waals surface area contributed by atoms with Gasteiger partial charge in [0, 0.05) is 25.7 Å². The highest BCUT2D eigenvalue weighted by molar-refractivity contribution is 6.20. The molecule has 0 N–H and O–H groups in total. The molecule has 19 heavy (non-hydrogen) atoms. The molecule has 0 amide bonds. The van der Waals surface area contributed by atoms with E-state index in [0.29, 0.717) is 6.42 Å². The Labute approximate surface area is 112 Å². The van der Waals surface area contributed by atoms with Gasteiger partial charge in [0.1, 0.15) is 5.92 Å². The van der Waals surface area contributed by atoms with E-state index >= 15 is 0 Å². The van der Waals surface area contributed by atoms with E-state index in [2.05, 4.69) is 4.74 Å². The first kappa shape index (κ1) is 15.5. The fourth-order valence-electron chi connectivity index (χ4n) is 2.40. The van der Waals surface area contributed by atoms with E-state index in [1.165, 1.54) is 7.11 Å². The van der Waals surface area contributed by atoms with Crippen LogP contribution in [-0.2, 0) is 23.9 Å². The molecule has 1 aliphatic carbocycles. The summed E-state index contributed by atoms with van der Waals surface area (Å²) in [6.07, 6.45) is 1.02. The van der Waals surface area contributed by atoms with Gasteiger partial charge in [0.25, 0.3) is 0 Å². The van der Waals surface area contributed by atoms with E-state index in [1.807, 2.05) is 13.8 Å². The Balaban J connectivity index is 2.55. The highest BCUT2D eigenvalue weighted by Crippen LogP contribution is 2.34. The minimum atomic E-state index is -1.11. The van der Waals surface area contributed by atoms with Crippen molar-refractivity contribution in [1.82, 2.24) is 0 Å². The molecule has 0 saturated heterocycles. The predicted molar refractivity (Wildman–Crippen MR) is 67.4 cm³/mol. The number of hydrogen-bond acceptors (Lipinski definition) is 5. The van der Waals surface area contributed by atoms with Gasteiger partial charge in [-0.3, -0.25) is 19.2 Å². The van der Waals surface area contributed by atoms with Crippen LogP contribution >= 0.6 is 0 Å². The topological polar surface area (TPSA) is 77.5 Å². The molecule has 0 aliphatic heterocycles. The van der Waals surface area contributed by atoms with Crippen molar-refractivity contribution in [1.29, 1.82) is 0 Å². The highest BCUT2D eigenvalue weighted by Gasteiger charge is 2.42. The Morgan fingerprint density at radius 2 is 1.68 bits per heavy atom. The second-order valence-corrected chi connectivity index (χ2v) is 5.78. The summed E-state index contributed by atoms with van der Waals surface area (Å²) in [7, 11) is 1.28. The summed E-state index contributed by atoms with van der Waals surface area (Å²) in [6, 6.07) is 0. The Morgan fingerprint density at radius 1 is 1.16 bits per heavy atom. The molecule has 1 aliphatic rings. The van der Waals surface area contributed by atoms with Gasteiger partial charge in [0.05, 0.1) is 7.11 Å². The van der Waals surface area contributed by atoms with Crippen LogP contribution in [0.1, 0.15) is 46.0 Å². The molecule has 0 aromatic carbocycles. The van der Waals surface area contributed by atoms with Crippen molar-refractivity contribution >= 4 is 23.3 Å². The predicted octanol–water partition coefficient (Wildman–Crippen LogP) is 1.47. The lowest BCUT2D eigenvalue weighted by Gasteiger charge is -2.31. The maximum Gasteiger partial charge on any atom is 0.305 e. The van der Waals surface area contributed by atoms with Crippen LogP contribution in [0.3, 0.4) is 0 Å². The molecule has 0 radical (unpaired) electrons. The van der Waals surface area contributed by atoms with Crippen LogP contribution in [0, 0.1) is 11.3 Å². The molecule has 5 heteroatoms. The van der Waals surface area contributed by atoms with E-state index in [-0.39, 0.29) is 48.4 Å². The average molecular weight is 268 g/mol. The lowest BCUT2D eigenvalue weighted by molar-refractivity contribution is -0.145. The van der Waals surface area contributed by atoms with Crippen molar-refractivity contribution < 1.29 is 23.9 Å². The van der Waals surface area contributed by atoms with Gasteiger partial charge in [0.2, 0.25) is 0 Å². The number of hydrogen-bond donors (Lipinski definition) is 0. The number of Topliss-reactive ketones (excluding diaryl/α,β-unsaturated/α-hetero) is 3. The molecule has 0 heterocycles. The highest BCUT2D eigenvalue weighted by atomic mass is 16.5. The first-order valence-electron chi connectivity index (χ1n) is 6.42. The van der Waals surface area contributed by atoms with E-state index in [4.69, 9.17) is 0 Å². The van der Waals surface area contributed by atoms with Gasteiger partial charge in [-0.05, 0) is 11.8 Å². The van der Waals surface area contributed by atoms with Crippen LogP contribution < -0.4 is 0 Å². The van der Waals surface area contributed by atoms with Crippen molar-refractivity contribution in [2.75, 3.05) is 7.11 Å². The summed E-state index contributed by atoms with van der Waals surface area (Å²) in [5.41, 5.74) is -0.350. The molecule has 0 unspecified atom stereocenters.